The summed E-state index contributed by atoms with van der Waals surface area (Å²) in [4.78, 5) is 25.2. The van der Waals surface area contributed by atoms with E-state index in [0.29, 0.717) is 4.47 Å². The Bertz CT molecular complexity index is 930. The molecular weight excluding hydrogens is 402 g/mol. The lowest BCUT2D eigenvalue weighted by Crippen LogP contribution is -2.29. The number of sulfonamides is 1. The van der Waals surface area contributed by atoms with E-state index < -0.39 is 16.0 Å². The average molecular weight is 418 g/mol. The van der Waals surface area contributed by atoms with Gasteiger partial charge in [-0.2, -0.15) is 9.97 Å². The molecule has 0 aliphatic carbocycles. The van der Waals surface area contributed by atoms with Crippen molar-refractivity contribution in [1.29, 1.82) is 0 Å². The lowest BCUT2D eigenvalue weighted by Gasteiger charge is -2.16. The standard InChI is InChI=1S/C15H16ClN3O7S/c1-19(27(4,21)22)26-14(20)13-9(16)6-5-7-10(13)25-15-17-11(23-2)8-12(18-15)24-3/h5-8H,1-4H3. The van der Waals surface area contributed by atoms with Gasteiger partial charge in [-0.1, -0.05) is 17.7 Å². The Morgan fingerprint density at radius 1 is 1.15 bits per heavy atom. The Labute approximate surface area is 160 Å². The van der Waals surface area contributed by atoms with Crippen molar-refractivity contribution in [3.05, 3.63) is 34.9 Å². The van der Waals surface area contributed by atoms with Gasteiger partial charge in [-0.15, -0.1) is 0 Å². The van der Waals surface area contributed by atoms with Crippen LogP contribution in [0.25, 0.3) is 0 Å². The average Bonchev–Trinajstić information content (AvgIpc) is 2.60. The number of benzene rings is 1. The second kappa shape index (κ2) is 8.37. The van der Waals surface area contributed by atoms with Crippen LogP contribution in [0, 0.1) is 0 Å². The predicted molar refractivity (Wildman–Crippen MR) is 94.7 cm³/mol. The van der Waals surface area contributed by atoms with Gasteiger partial charge in [0.25, 0.3) is 0 Å². The molecule has 12 heteroatoms. The highest BCUT2D eigenvalue weighted by molar-refractivity contribution is 7.88. The van der Waals surface area contributed by atoms with Crippen molar-refractivity contribution >= 4 is 27.6 Å². The fourth-order valence-electron chi connectivity index (χ4n) is 1.75. The predicted octanol–water partition coefficient (Wildman–Crippen LogP) is 1.90. The second-order valence-corrected chi connectivity index (χ2v) is 7.39. The fraction of sp³-hybridized carbons (Fsp3) is 0.267. The van der Waals surface area contributed by atoms with Gasteiger partial charge in [0, 0.05) is 7.05 Å². The molecular formula is C15H16ClN3O7S. The van der Waals surface area contributed by atoms with Crippen LogP contribution >= 0.6 is 11.6 Å². The third kappa shape index (κ3) is 5.18. The van der Waals surface area contributed by atoms with Crippen LogP contribution in [0.5, 0.6) is 23.5 Å². The number of nitrogens with zero attached hydrogens (tertiary/aromatic N) is 3. The molecule has 27 heavy (non-hydrogen) atoms. The molecule has 0 spiro atoms. The maximum atomic E-state index is 12.4. The monoisotopic (exact) mass is 417 g/mol. The first kappa shape index (κ1) is 20.7. The molecule has 0 aliphatic heterocycles. The number of ether oxygens (including phenoxy) is 3. The van der Waals surface area contributed by atoms with Gasteiger partial charge in [-0.05, 0) is 16.6 Å². The zero-order valence-electron chi connectivity index (χ0n) is 14.8. The van der Waals surface area contributed by atoms with E-state index in [1.165, 1.54) is 38.5 Å². The van der Waals surface area contributed by atoms with Crippen LogP contribution in [0.2, 0.25) is 5.02 Å². The summed E-state index contributed by atoms with van der Waals surface area (Å²) in [7, 11) is 0.105. The SMILES string of the molecule is COc1cc(OC)nc(Oc2cccc(Cl)c2C(=O)ON(C)S(C)(=O)=O)n1. The molecule has 0 aliphatic rings. The van der Waals surface area contributed by atoms with E-state index >= 15 is 0 Å². The summed E-state index contributed by atoms with van der Waals surface area (Å²) in [5, 5.41) is -0.0192. The van der Waals surface area contributed by atoms with Gasteiger partial charge in [-0.3, -0.25) is 0 Å². The topological polar surface area (TPSA) is 117 Å². The van der Waals surface area contributed by atoms with E-state index in [1.54, 1.807) is 0 Å². The first-order valence-electron chi connectivity index (χ1n) is 7.25. The van der Waals surface area contributed by atoms with Crippen molar-refractivity contribution in [3.8, 4) is 23.5 Å². The zero-order chi connectivity index (χ0) is 20.2. The van der Waals surface area contributed by atoms with Crippen LogP contribution in [0.3, 0.4) is 0 Å². The number of hydroxylamine groups is 1. The first-order valence-corrected chi connectivity index (χ1v) is 9.48. The van der Waals surface area contributed by atoms with E-state index in [-0.39, 0.29) is 34.1 Å². The summed E-state index contributed by atoms with van der Waals surface area (Å²) >= 11 is 6.07. The number of carbonyl (C=O) groups is 1. The molecule has 0 saturated carbocycles. The quantitative estimate of drug-likeness (QED) is 0.622. The largest absolute Gasteiger partial charge is 0.481 e. The summed E-state index contributed by atoms with van der Waals surface area (Å²) in [6.45, 7) is 0. The molecule has 0 saturated heterocycles. The van der Waals surface area contributed by atoms with Crippen molar-refractivity contribution in [2.24, 2.45) is 0 Å². The highest BCUT2D eigenvalue weighted by Gasteiger charge is 2.24. The Hall–Kier alpha value is -2.63. The lowest BCUT2D eigenvalue weighted by molar-refractivity contribution is -0.0293. The van der Waals surface area contributed by atoms with E-state index in [9.17, 15) is 13.2 Å². The maximum Gasteiger partial charge on any atom is 0.363 e. The number of carbonyl (C=O) groups excluding carboxylic acids is 1. The molecule has 1 aromatic carbocycles. The minimum atomic E-state index is -3.76. The molecule has 0 unspecified atom stereocenters. The molecule has 0 radical (unpaired) electrons. The lowest BCUT2D eigenvalue weighted by atomic mass is 10.2. The van der Waals surface area contributed by atoms with Crippen LogP contribution < -0.4 is 14.2 Å². The highest BCUT2D eigenvalue weighted by Crippen LogP contribution is 2.31. The zero-order valence-corrected chi connectivity index (χ0v) is 16.4. The van der Waals surface area contributed by atoms with Gasteiger partial charge in [-0.25, -0.2) is 13.2 Å². The summed E-state index contributed by atoms with van der Waals surface area (Å²) in [6, 6.07) is 5.60. The molecule has 10 nitrogen and oxygen atoms in total. The Morgan fingerprint density at radius 2 is 1.74 bits per heavy atom. The maximum absolute atomic E-state index is 12.4. The smallest absolute Gasteiger partial charge is 0.363 e. The third-order valence-electron chi connectivity index (χ3n) is 3.14. The van der Waals surface area contributed by atoms with Gasteiger partial charge >= 0.3 is 12.0 Å². The van der Waals surface area contributed by atoms with Gasteiger partial charge < -0.3 is 19.0 Å². The molecule has 0 fully saturated rings. The van der Waals surface area contributed by atoms with E-state index in [2.05, 4.69) is 9.97 Å². The van der Waals surface area contributed by atoms with Gasteiger partial charge in [0.15, 0.2) is 0 Å². The van der Waals surface area contributed by atoms with Crippen LogP contribution in [-0.4, -0.2) is 56.3 Å². The Balaban J connectivity index is 2.39. The number of hydrogen-bond acceptors (Lipinski definition) is 9. The minimum Gasteiger partial charge on any atom is -0.481 e. The number of methoxy groups -OCH3 is 2. The first-order chi connectivity index (χ1) is 12.7. The normalized spacial score (nSPS) is 11.2. The summed E-state index contributed by atoms with van der Waals surface area (Å²) in [5.74, 6) is -0.761. The fourth-order valence-corrected chi connectivity index (χ4v) is 2.20. The number of hydrogen-bond donors (Lipinski definition) is 0. The van der Waals surface area contributed by atoms with E-state index in [4.69, 9.17) is 30.6 Å². The molecule has 146 valence electrons. The molecule has 0 atom stereocenters. The van der Waals surface area contributed by atoms with Crippen LogP contribution in [0.1, 0.15) is 10.4 Å². The second-order valence-electron chi connectivity index (χ2n) is 5.00. The van der Waals surface area contributed by atoms with Crippen LogP contribution in [-0.2, 0) is 14.9 Å². The molecule has 1 aromatic heterocycles. The van der Waals surface area contributed by atoms with Crippen molar-refractivity contribution in [3.63, 3.8) is 0 Å². The summed E-state index contributed by atoms with van der Waals surface area (Å²) in [5.41, 5.74) is -0.208. The molecule has 0 amide bonds. The van der Waals surface area contributed by atoms with Crippen LogP contribution in [0.4, 0.5) is 0 Å². The van der Waals surface area contributed by atoms with Crippen molar-refractivity contribution in [2.75, 3.05) is 27.5 Å². The molecule has 0 N–H and O–H groups in total. The van der Waals surface area contributed by atoms with E-state index in [0.717, 1.165) is 13.3 Å². The van der Waals surface area contributed by atoms with Crippen molar-refractivity contribution in [2.45, 2.75) is 0 Å². The summed E-state index contributed by atoms with van der Waals surface area (Å²) < 4.78 is 38.9. The number of rotatable bonds is 7. The Kier molecular flexibility index (Phi) is 6.41. The molecule has 2 aromatic rings. The van der Waals surface area contributed by atoms with Gasteiger partial charge in [0.2, 0.25) is 21.8 Å². The Morgan fingerprint density at radius 3 is 2.26 bits per heavy atom. The van der Waals surface area contributed by atoms with Crippen molar-refractivity contribution in [1.82, 2.24) is 14.4 Å². The van der Waals surface area contributed by atoms with Crippen molar-refractivity contribution < 1.29 is 32.3 Å². The van der Waals surface area contributed by atoms with Gasteiger partial charge in [0.05, 0.1) is 31.6 Å². The van der Waals surface area contributed by atoms with Gasteiger partial charge in [0.1, 0.15) is 11.3 Å². The number of aromatic nitrogens is 2. The van der Waals surface area contributed by atoms with Crippen LogP contribution in [0.15, 0.2) is 24.3 Å². The van der Waals surface area contributed by atoms with E-state index in [1.807, 2.05) is 0 Å². The molecule has 2 rings (SSSR count). The minimum absolute atomic E-state index is 0.0192. The number of halogens is 1. The third-order valence-corrected chi connectivity index (χ3v) is 4.46. The highest BCUT2D eigenvalue weighted by atomic mass is 35.5. The summed E-state index contributed by atoms with van der Waals surface area (Å²) in [6.07, 6.45) is 0.876. The molecule has 0 bridgehead atoms. The molecule has 1 heterocycles.